The molecule has 238 valence electrons. The molecule has 0 aliphatic rings. The average molecular weight is 665 g/mol. The molecule has 0 radical (unpaired) electrons. The molecule has 1 heteroatoms. The Bertz CT molecular complexity index is 3620. The molecule has 1 aromatic heterocycles. The van der Waals surface area contributed by atoms with Crippen molar-refractivity contribution in [3.8, 4) is 55.6 Å². The van der Waals surface area contributed by atoms with Crippen LogP contribution in [0.15, 0.2) is 198 Å². The molecule has 0 unspecified atom stereocenters. The Kier molecular flexibility index (Phi) is 4.07. The summed E-state index contributed by atoms with van der Waals surface area (Å²) >= 11 is 0. The van der Waals surface area contributed by atoms with Crippen LogP contribution in [0.1, 0.15) is 21.9 Å². The first-order valence-corrected chi connectivity index (χ1v) is 16.2. The Balaban J connectivity index is 1.38. The Morgan fingerprint density at radius 1 is 0.353 bits per heavy atom. The molecule has 1 nitrogen and oxygen atoms in total. The zero-order valence-corrected chi connectivity index (χ0v) is 26.6. The van der Waals surface area contributed by atoms with Crippen LogP contribution in [0, 0.1) is 0 Å². The predicted octanol–water partition coefficient (Wildman–Crippen LogP) is 14.2. The first kappa shape index (κ1) is 17.3. The van der Waals surface area contributed by atoms with Crippen LogP contribution in [0.3, 0.4) is 0 Å². The molecule has 0 aliphatic heterocycles. The standard InChI is InChI=1S/C50H32O/c1-4-15-33(16-5-1)36-27-28-46-45(32-36)50-44(25-14-26-47(50)51-46)49-42-23-12-10-21-40(42)48(41-22-11-13-24-43(41)49)39-30-37(34-17-6-2-7-18-34)29-38(31-39)35-19-8-3-9-20-35/h1-32H/i2D,3D,6D,7D,8D,9D,14D,17D,18D,19D,20D,25D,26D,27D,28D,32D. The third-order valence-electron chi connectivity index (χ3n) is 9.12. The van der Waals surface area contributed by atoms with Crippen LogP contribution >= 0.6 is 0 Å². The lowest BCUT2D eigenvalue weighted by atomic mass is 9.83. The molecule has 1 heterocycles. The fourth-order valence-electron chi connectivity index (χ4n) is 6.95. The van der Waals surface area contributed by atoms with E-state index >= 15 is 0 Å². The van der Waals surface area contributed by atoms with Gasteiger partial charge in [-0.15, -0.1) is 0 Å². The van der Waals surface area contributed by atoms with Crippen LogP contribution in [0.2, 0.25) is 0 Å². The molecule has 0 fully saturated rings. The quantitative estimate of drug-likeness (QED) is 0.167. The molecule has 0 spiro atoms. The number of fused-ring (bicyclic) bond motifs is 5. The van der Waals surface area contributed by atoms with Gasteiger partial charge in [0.25, 0.3) is 0 Å². The van der Waals surface area contributed by atoms with E-state index in [1.165, 1.54) is 6.07 Å². The predicted molar refractivity (Wildman–Crippen MR) is 216 cm³/mol. The zero-order chi connectivity index (χ0) is 47.7. The highest BCUT2D eigenvalue weighted by Gasteiger charge is 2.21. The largest absolute Gasteiger partial charge is 0.456 e. The van der Waals surface area contributed by atoms with Crippen LogP contribution < -0.4 is 0 Å². The molecular formula is C50H32O. The van der Waals surface area contributed by atoms with E-state index in [1.54, 1.807) is 78.9 Å². The molecule has 51 heavy (non-hydrogen) atoms. The number of hydrogen-bond acceptors (Lipinski definition) is 1. The fraction of sp³-hybridized carbons (Fsp3) is 0. The summed E-state index contributed by atoms with van der Waals surface area (Å²) in [5.41, 5.74) is 1.72. The highest BCUT2D eigenvalue weighted by Crippen LogP contribution is 2.48. The Labute approximate surface area is 319 Å². The van der Waals surface area contributed by atoms with E-state index in [0.29, 0.717) is 43.8 Å². The lowest BCUT2D eigenvalue weighted by Crippen LogP contribution is -1.92. The Morgan fingerprint density at radius 3 is 1.51 bits per heavy atom. The summed E-state index contributed by atoms with van der Waals surface area (Å²) in [7, 11) is 0. The fourth-order valence-corrected chi connectivity index (χ4v) is 6.95. The normalized spacial score (nSPS) is 15.9. The van der Waals surface area contributed by atoms with Gasteiger partial charge in [0.2, 0.25) is 0 Å². The maximum atomic E-state index is 9.60. The molecule has 0 saturated carbocycles. The van der Waals surface area contributed by atoms with Crippen molar-refractivity contribution in [3.63, 3.8) is 0 Å². The van der Waals surface area contributed by atoms with E-state index in [2.05, 4.69) is 0 Å². The first-order valence-electron chi connectivity index (χ1n) is 24.2. The van der Waals surface area contributed by atoms with Crippen LogP contribution in [0.5, 0.6) is 0 Å². The minimum absolute atomic E-state index is 0.0960. The first-order chi connectivity index (χ1) is 32.0. The Hall–Kier alpha value is -6.70. The van der Waals surface area contributed by atoms with Gasteiger partial charge >= 0.3 is 0 Å². The maximum absolute atomic E-state index is 9.60. The van der Waals surface area contributed by atoms with Gasteiger partial charge in [0, 0.05) is 10.8 Å². The van der Waals surface area contributed by atoms with Crippen LogP contribution in [-0.2, 0) is 0 Å². The third-order valence-corrected chi connectivity index (χ3v) is 9.12. The minimum Gasteiger partial charge on any atom is -0.456 e. The van der Waals surface area contributed by atoms with Gasteiger partial charge in [-0.25, -0.2) is 0 Å². The van der Waals surface area contributed by atoms with E-state index in [9.17, 15) is 2.74 Å². The molecule has 0 saturated heterocycles. The van der Waals surface area contributed by atoms with Crippen molar-refractivity contribution in [1.29, 1.82) is 0 Å². The van der Waals surface area contributed by atoms with E-state index in [-0.39, 0.29) is 79.5 Å². The Morgan fingerprint density at radius 2 is 0.902 bits per heavy atom. The SMILES string of the molecule is [2H]c1c([2H])c([2H])c(-c2cc(-c3c([2H])c([2H])c([2H])c([2H])c3[2H])cc(-c3c4ccccc4c(-c4c([2H])c([2H])c([2H])c5oc6c([2H])c([2H])c(-c7ccccc7)c([2H])c6c45)c4ccccc34)c2)c([2H])c1[2H]. The molecule has 0 aliphatic carbocycles. The lowest BCUT2D eigenvalue weighted by Gasteiger charge is -2.19. The van der Waals surface area contributed by atoms with Crippen molar-refractivity contribution < 1.29 is 26.3 Å². The van der Waals surface area contributed by atoms with Crippen molar-refractivity contribution >= 4 is 43.5 Å². The second kappa shape index (κ2) is 12.0. The molecule has 10 aromatic rings. The molecule has 0 N–H and O–H groups in total. The molecular weight excluding hydrogens is 617 g/mol. The summed E-state index contributed by atoms with van der Waals surface area (Å²) in [4.78, 5) is 0. The van der Waals surface area contributed by atoms with Crippen molar-refractivity contribution in [3.05, 3.63) is 194 Å². The van der Waals surface area contributed by atoms with Crippen molar-refractivity contribution in [2.24, 2.45) is 0 Å². The van der Waals surface area contributed by atoms with Crippen molar-refractivity contribution in [2.75, 3.05) is 0 Å². The molecule has 0 atom stereocenters. The average Bonchev–Trinajstić information content (AvgIpc) is 3.74. The summed E-state index contributed by atoms with van der Waals surface area (Å²) in [6.45, 7) is 0. The van der Waals surface area contributed by atoms with Crippen molar-refractivity contribution in [1.82, 2.24) is 0 Å². The van der Waals surface area contributed by atoms with Gasteiger partial charge < -0.3 is 4.42 Å². The molecule has 0 amide bonds. The summed E-state index contributed by atoms with van der Waals surface area (Å²) < 4.78 is 148. The topological polar surface area (TPSA) is 13.1 Å². The molecule has 0 bridgehead atoms. The summed E-state index contributed by atoms with van der Waals surface area (Å²) in [6.07, 6.45) is 0. The monoisotopic (exact) mass is 664 g/mol. The van der Waals surface area contributed by atoms with Gasteiger partial charge in [0.15, 0.2) is 0 Å². The number of hydrogen-bond donors (Lipinski definition) is 0. The van der Waals surface area contributed by atoms with E-state index in [4.69, 9.17) is 23.6 Å². The van der Waals surface area contributed by atoms with Gasteiger partial charge in [-0.05, 0) is 114 Å². The second-order valence-corrected chi connectivity index (χ2v) is 12.0. The number of furan rings is 1. The van der Waals surface area contributed by atoms with Gasteiger partial charge in [-0.2, -0.15) is 0 Å². The van der Waals surface area contributed by atoms with E-state index < -0.39 is 72.5 Å². The second-order valence-electron chi connectivity index (χ2n) is 12.0. The lowest BCUT2D eigenvalue weighted by molar-refractivity contribution is 0.669. The molecule has 10 rings (SSSR count). The smallest absolute Gasteiger partial charge is 0.136 e. The number of rotatable bonds is 5. The van der Waals surface area contributed by atoms with Gasteiger partial charge in [-0.1, -0.05) is 157 Å². The van der Waals surface area contributed by atoms with E-state index in [1.807, 2.05) is 12.1 Å². The van der Waals surface area contributed by atoms with Crippen molar-refractivity contribution in [2.45, 2.75) is 0 Å². The minimum atomic E-state index is -0.608. The van der Waals surface area contributed by atoms with Gasteiger partial charge in [0.05, 0.1) is 21.9 Å². The van der Waals surface area contributed by atoms with Crippen LogP contribution in [0.25, 0.3) is 99.1 Å². The van der Waals surface area contributed by atoms with E-state index in [0.717, 1.165) is 0 Å². The van der Waals surface area contributed by atoms with Gasteiger partial charge in [0.1, 0.15) is 11.2 Å². The maximum Gasteiger partial charge on any atom is 0.136 e. The van der Waals surface area contributed by atoms with Crippen LogP contribution in [0.4, 0.5) is 0 Å². The summed E-state index contributed by atoms with van der Waals surface area (Å²) in [5.74, 6) is 0. The highest BCUT2D eigenvalue weighted by atomic mass is 16.3. The third kappa shape index (κ3) is 4.94. The van der Waals surface area contributed by atoms with Crippen LogP contribution in [-0.4, -0.2) is 0 Å². The summed E-state index contributed by atoms with van der Waals surface area (Å²) in [5, 5.41) is 2.38. The molecule has 9 aromatic carbocycles. The number of benzene rings is 9. The summed E-state index contributed by atoms with van der Waals surface area (Å²) in [6, 6.07) is 20.2. The highest BCUT2D eigenvalue weighted by molar-refractivity contribution is 6.26. The van der Waals surface area contributed by atoms with Gasteiger partial charge in [-0.3, -0.25) is 0 Å². The zero-order valence-electron chi connectivity index (χ0n) is 42.6.